The van der Waals surface area contributed by atoms with Crippen LogP contribution in [0.1, 0.15) is 25.8 Å². The van der Waals surface area contributed by atoms with Crippen molar-refractivity contribution in [3.63, 3.8) is 0 Å². The largest absolute Gasteiger partial charge is 0.394 e. The van der Waals surface area contributed by atoms with Crippen LogP contribution in [0.2, 0.25) is 0 Å². The van der Waals surface area contributed by atoms with Crippen molar-refractivity contribution in [3.05, 3.63) is 24.0 Å². The fourth-order valence-electron chi connectivity index (χ4n) is 1.70. The Hall–Kier alpha value is -1.62. The standard InChI is InChI=1S/C13H21N3O2/c1-10(2)6-12(9-17)15-13(18)5-4-11-7-14-16(3)8-11/h4-5,7-8,10,12,17H,6,9H2,1-3H3,(H,15,18). The minimum atomic E-state index is -0.196. The highest BCUT2D eigenvalue weighted by atomic mass is 16.3. The lowest BCUT2D eigenvalue weighted by molar-refractivity contribution is -0.117. The monoisotopic (exact) mass is 251 g/mol. The van der Waals surface area contributed by atoms with Gasteiger partial charge < -0.3 is 10.4 Å². The summed E-state index contributed by atoms with van der Waals surface area (Å²) in [5.74, 6) is 0.239. The van der Waals surface area contributed by atoms with Gasteiger partial charge in [0.15, 0.2) is 0 Å². The summed E-state index contributed by atoms with van der Waals surface area (Å²) >= 11 is 0. The summed E-state index contributed by atoms with van der Waals surface area (Å²) in [5, 5.41) is 15.9. The number of carbonyl (C=O) groups is 1. The molecule has 0 aliphatic carbocycles. The molecule has 1 heterocycles. The van der Waals surface area contributed by atoms with E-state index in [1.54, 1.807) is 17.0 Å². The molecule has 1 aromatic rings. The van der Waals surface area contributed by atoms with Gasteiger partial charge in [-0.05, 0) is 18.4 Å². The van der Waals surface area contributed by atoms with Crippen molar-refractivity contribution >= 4 is 12.0 Å². The molecule has 0 saturated carbocycles. The van der Waals surface area contributed by atoms with E-state index in [1.165, 1.54) is 6.08 Å². The molecule has 0 spiro atoms. The zero-order valence-corrected chi connectivity index (χ0v) is 11.1. The number of aryl methyl sites for hydroxylation is 1. The van der Waals surface area contributed by atoms with Crippen LogP contribution < -0.4 is 5.32 Å². The molecule has 1 aromatic heterocycles. The Morgan fingerprint density at radius 3 is 2.83 bits per heavy atom. The Bertz CT molecular complexity index is 410. The molecule has 0 bridgehead atoms. The van der Waals surface area contributed by atoms with E-state index >= 15 is 0 Å². The van der Waals surface area contributed by atoms with E-state index in [9.17, 15) is 4.79 Å². The average Bonchev–Trinajstić information content (AvgIpc) is 2.71. The van der Waals surface area contributed by atoms with Gasteiger partial charge in [-0.1, -0.05) is 13.8 Å². The molecule has 2 N–H and O–H groups in total. The summed E-state index contributed by atoms with van der Waals surface area (Å²) < 4.78 is 1.67. The summed E-state index contributed by atoms with van der Waals surface area (Å²) in [7, 11) is 1.82. The molecule has 1 amide bonds. The van der Waals surface area contributed by atoms with Crippen LogP contribution in [0, 0.1) is 5.92 Å². The molecular formula is C13H21N3O2. The third-order valence-electron chi connectivity index (χ3n) is 2.47. The predicted molar refractivity (Wildman–Crippen MR) is 70.7 cm³/mol. The van der Waals surface area contributed by atoms with Crippen LogP contribution in [0.15, 0.2) is 18.5 Å². The summed E-state index contributed by atoms with van der Waals surface area (Å²) in [6, 6.07) is -0.184. The lowest BCUT2D eigenvalue weighted by Crippen LogP contribution is -2.37. The maximum absolute atomic E-state index is 11.6. The third kappa shape index (κ3) is 5.14. The first-order chi connectivity index (χ1) is 8.51. The molecule has 0 aliphatic rings. The average molecular weight is 251 g/mol. The minimum Gasteiger partial charge on any atom is -0.394 e. The number of rotatable bonds is 6. The summed E-state index contributed by atoms with van der Waals surface area (Å²) in [6.07, 6.45) is 7.43. The number of amides is 1. The van der Waals surface area contributed by atoms with Gasteiger partial charge in [-0.2, -0.15) is 5.10 Å². The van der Waals surface area contributed by atoms with Crippen LogP contribution >= 0.6 is 0 Å². The second-order valence-corrected chi connectivity index (χ2v) is 4.80. The van der Waals surface area contributed by atoms with Gasteiger partial charge in [-0.15, -0.1) is 0 Å². The Balaban J connectivity index is 2.47. The first kappa shape index (κ1) is 14.4. The fourth-order valence-corrected chi connectivity index (χ4v) is 1.70. The van der Waals surface area contributed by atoms with E-state index in [-0.39, 0.29) is 18.6 Å². The van der Waals surface area contributed by atoms with Crippen molar-refractivity contribution in [1.29, 1.82) is 0 Å². The Kier molecular flexibility index (Phi) is 5.58. The number of carbonyl (C=O) groups excluding carboxylic acids is 1. The number of nitrogens with zero attached hydrogens (tertiary/aromatic N) is 2. The molecule has 0 radical (unpaired) electrons. The highest BCUT2D eigenvalue weighted by molar-refractivity contribution is 5.91. The van der Waals surface area contributed by atoms with Crippen molar-refractivity contribution in [1.82, 2.24) is 15.1 Å². The normalized spacial score (nSPS) is 13.2. The summed E-state index contributed by atoms with van der Waals surface area (Å²) in [4.78, 5) is 11.6. The Morgan fingerprint density at radius 2 is 2.33 bits per heavy atom. The van der Waals surface area contributed by atoms with Gasteiger partial charge in [-0.3, -0.25) is 9.48 Å². The quantitative estimate of drug-likeness (QED) is 0.740. The molecule has 0 saturated heterocycles. The van der Waals surface area contributed by atoms with Crippen LogP contribution in [0.25, 0.3) is 6.08 Å². The van der Waals surface area contributed by atoms with E-state index in [0.29, 0.717) is 5.92 Å². The molecule has 18 heavy (non-hydrogen) atoms. The first-order valence-corrected chi connectivity index (χ1v) is 6.09. The molecule has 0 fully saturated rings. The van der Waals surface area contributed by atoms with Crippen molar-refractivity contribution < 1.29 is 9.90 Å². The zero-order chi connectivity index (χ0) is 13.5. The van der Waals surface area contributed by atoms with Gasteiger partial charge in [0, 0.05) is 24.9 Å². The van der Waals surface area contributed by atoms with Crippen LogP contribution in [-0.4, -0.2) is 33.4 Å². The SMILES string of the molecule is CC(C)CC(CO)NC(=O)C=Cc1cnn(C)c1. The lowest BCUT2D eigenvalue weighted by Gasteiger charge is -2.16. The number of aromatic nitrogens is 2. The van der Waals surface area contributed by atoms with Gasteiger partial charge >= 0.3 is 0 Å². The van der Waals surface area contributed by atoms with Crippen LogP contribution in [-0.2, 0) is 11.8 Å². The van der Waals surface area contributed by atoms with Crippen LogP contribution in [0.4, 0.5) is 0 Å². The molecule has 5 nitrogen and oxygen atoms in total. The third-order valence-corrected chi connectivity index (χ3v) is 2.47. The number of aliphatic hydroxyl groups is 1. The second kappa shape index (κ2) is 6.96. The smallest absolute Gasteiger partial charge is 0.244 e. The van der Waals surface area contributed by atoms with E-state index in [4.69, 9.17) is 5.11 Å². The van der Waals surface area contributed by atoms with Gasteiger partial charge in [0.1, 0.15) is 0 Å². The van der Waals surface area contributed by atoms with Crippen LogP contribution in [0.5, 0.6) is 0 Å². The second-order valence-electron chi connectivity index (χ2n) is 4.80. The van der Waals surface area contributed by atoms with E-state index in [2.05, 4.69) is 24.3 Å². The lowest BCUT2D eigenvalue weighted by atomic mass is 10.0. The Morgan fingerprint density at radius 1 is 1.61 bits per heavy atom. The maximum Gasteiger partial charge on any atom is 0.244 e. The zero-order valence-electron chi connectivity index (χ0n) is 11.1. The first-order valence-electron chi connectivity index (χ1n) is 6.09. The molecule has 5 heteroatoms. The molecule has 1 atom stereocenters. The summed E-state index contributed by atoms with van der Waals surface area (Å²) in [6.45, 7) is 4.07. The maximum atomic E-state index is 11.6. The van der Waals surface area contributed by atoms with Gasteiger partial charge in [0.25, 0.3) is 0 Å². The summed E-state index contributed by atoms with van der Waals surface area (Å²) in [5.41, 5.74) is 0.872. The molecule has 100 valence electrons. The highest BCUT2D eigenvalue weighted by Gasteiger charge is 2.11. The molecule has 1 rings (SSSR count). The number of nitrogens with one attached hydrogen (secondary N) is 1. The molecule has 0 aromatic carbocycles. The van der Waals surface area contributed by atoms with Gasteiger partial charge in [-0.25, -0.2) is 0 Å². The molecular weight excluding hydrogens is 230 g/mol. The fraction of sp³-hybridized carbons (Fsp3) is 0.538. The van der Waals surface area contributed by atoms with E-state index in [1.807, 2.05) is 13.2 Å². The number of hydrogen-bond acceptors (Lipinski definition) is 3. The number of aliphatic hydroxyl groups excluding tert-OH is 1. The van der Waals surface area contributed by atoms with Crippen LogP contribution in [0.3, 0.4) is 0 Å². The van der Waals surface area contributed by atoms with E-state index < -0.39 is 0 Å². The van der Waals surface area contributed by atoms with Gasteiger partial charge in [0.2, 0.25) is 5.91 Å². The van der Waals surface area contributed by atoms with Crippen molar-refractivity contribution in [2.45, 2.75) is 26.3 Å². The predicted octanol–water partition coefficient (Wildman–Crippen LogP) is 0.956. The van der Waals surface area contributed by atoms with E-state index in [0.717, 1.165) is 12.0 Å². The van der Waals surface area contributed by atoms with Gasteiger partial charge in [0.05, 0.1) is 18.8 Å². The minimum absolute atomic E-state index is 0.0371. The highest BCUT2D eigenvalue weighted by Crippen LogP contribution is 2.04. The molecule has 1 unspecified atom stereocenters. The van der Waals surface area contributed by atoms with Crippen molar-refractivity contribution in [2.75, 3.05) is 6.61 Å². The van der Waals surface area contributed by atoms with Crippen molar-refractivity contribution in [2.24, 2.45) is 13.0 Å². The van der Waals surface area contributed by atoms with Crippen molar-refractivity contribution in [3.8, 4) is 0 Å². The number of hydrogen-bond donors (Lipinski definition) is 2. The molecule has 0 aliphatic heterocycles. The Labute approximate surface area is 108 Å². The topological polar surface area (TPSA) is 67.2 Å².